The van der Waals surface area contributed by atoms with Crippen molar-refractivity contribution in [1.29, 1.82) is 0 Å². The van der Waals surface area contributed by atoms with Crippen molar-refractivity contribution in [2.45, 2.75) is 6.54 Å². The molecule has 1 N–H and O–H groups in total. The molecule has 0 fully saturated rings. The molecule has 1 aliphatic rings. The number of nitrogens with one attached hydrogen (secondary N) is 1. The average molecular weight is 509 g/mol. The Balaban J connectivity index is 1.57. The van der Waals surface area contributed by atoms with E-state index in [1.165, 1.54) is 11.3 Å². The minimum atomic E-state index is -0.181. The van der Waals surface area contributed by atoms with E-state index in [1.54, 1.807) is 23.0 Å². The van der Waals surface area contributed by atoms with Crippen molar-refractivity contribution in [2.75, 3.05) is 11.9 Å². The fraction of sp³-hybridized carbons (Fsp3) is 0.0800. The number of carbonyl (C=O) groups excluding carboxylic acids is 1. The molecule has 1 amide bonds. The van der Waals surface area contributed by atoms with Crippen LogP contribution >= 0.6 is 34.5 Å². The standard InChI is InChI=1S/C25H18Cl2N4O2S/c26-19-8-6-17(10-20(19)27)13-29-31-22(15-34-25(31)28-12-16-4-2-1-3-5-16)18-7-9-23-21(11-18)30-24(32)14-33-23/h1-11,13,15H,12,14H2,(H,30,32). The van der Waals surface area contributed by atoms with Crippen LogP contribution in [0.2, 0.25) is 10.0 Å². The highest BCUT2D eigenvalue weighted by Gasteiger charge is 2.17. The molecular formula is C25H18Cl2N4O2S. The van der Waals surface area contributed by atoms with E-state index < -0.39 is 0 Å². The number of hydrogen-bond donors (Lipinski definition) is 1. The van der Waals surface area contributed by atoms with Gasteiger partial charge in [-0.3, -0.25) is 9.79 Å². The summed E-state index contributed by atoms with van der Waals surface area (Å²) in [5.41, 5.74) is 4.23. The van der Waals surface area contributed by atoms with Crippen LogP contribution in [0, 0.1) is 0 Å². The fourth-order valence-electron chi connectivity index (χ4n) is 3.42. The van der Waals surface area contributed by atoms with E-state index in [1.807, 2.05) is 60.0 Å². The Kier molecular flexibility index (Phi) is 6.49. The number of nitrogens with zero attached hydrogens (tertiary/aromatic N) is 3. The predicted molar refractivity (Wildman–Crippen MR) is 137 cm³/mol. The van der Waals surface area contributed by atoms with Crippen LogP contribution in [0.4, 0.5) is 5.69 Å². The first kappa shape index (κ1) is 22.4. The Labute approximate surface area is 209 Å². The molecule has 34 heavy (non-hydrogen) atoms. The maximum absolute atomic E-state index is 11.8. The smallest absolute Gasteiger partial charge is 0.262 e. The van der Waals surface area contributed by atoms with Gasteiger partial charge in [0.2, 0.25) is 4.80 Å². The number of halogens is 2. The number of ether oxygens (including phenoxy) is 1. The van der Waals surface area contributed by atoms with Gasteiger partial charge in [-0.1, -0.05) is 59.6 Å². The summed E-state index contributed by atoms with van der Waals surface area (Å²) in [6.45, 7) is 0.540. The SMILES string of the molecule is O=C1COc2ccc(-c3csc(=NCc4ccccc4)n3N=Cc3ccc(Cl)c(Cl)c3)cc2N1. The van der Waals surface area contributed by atoms with Gasteiger partial charge in [-0.25, -0.2) is 4.68 Å². The predicted octanol–water partition coefficient (Wildman–Crippen LogP) is 5.84. The summed E-state index contributed by atoms with van der Waals surface area (Å²) < 4.78 is 7.27. The van der Waals surface area contributed by atoms with Crippen molar-refractivity contribution in [1.82, 2.24) is 4.68 Å². The van der Waals surface area contributed by atoms with E-state index in [0.29, 0.717) is 28.0 Å². The molecule has 1 aliphatic heterocycles. The largest absolute Gasteiger partial charge is 0.482 e. The molecule has 170 valence electrons. The molecule has 0 atom stereocenters. The molecule has 9 heteroatoms. The lowest BCUT2D eigenvalue weighted by atomic mass is 10.1. The first-order chi connectivity index (χ1) is 16.6. The van der Waals surface area contributed by atoms with Crippen molar-refractivity contribution >= 4 is 52.3 Å². The van der Waals surface area contributed by atoms with Crippen LogP contribution in [0.3, 0.4) is 0 Å². The molecule has 0 aliphatic carbocycles. The third-order valence-electron chi connectivity index (χ3n) is 5.10. The van der Waals surface area contributed by atoms with E-state index in [2.05, 4.69) is 5.32 Å². The summed E-state index contributed by atoms with van der Waals surface area (Å²) in [6, 6.07) is 21.0. The Morgan fingerprint density at radius 2 is 1.91 bits per heavy atom. The lowest BCUT2D eigenvalue weighted by molar-refractivity contribution is -0.118. The monoisotopic (exact) mass is 508 g/mol. The summed E-state index contributed by atoms with van der Waals surface area (Å²) in [4.78, 5) is 17.3. The topological polar surface area (TPSA) is 68.0 Å². The van der Waals surface area contributed by atoms with Crippen molar-refractivity contribution in [2.24, 2.45) is 10.1 Å². The highest BCUT2D eigenvalue weighted by molar-refractivity contribution is 7.07. The molecule has 0 unspecified atom stereocenters. The Bertz CT molecular complexity index is 1460. The van der Waals surface area contributed by atoms with E-state index in [9.17, 15) is 4.79 Å². The second-order valence-corrected chi connectivity index (χ2v) is 9.13. The minimum Gasteiger partial charge on any atom is -0.482 e. The number of benzene rings is 3. The number of hydrogen-bond acceptors (Lipinski definition) is 5. The third kappa shape index (κ3) is 4.92. The van der Waals surface area contributed by atoms with Gasteiger partial charge in [0.25, 0.3) is 5.91 Å². The number of thiazole rings is 1. The summed E-state index contributed by atoms with van der Waals surface area (Å²) in [5.74, 6) is 0.456. The normalized spacial score (nSPS) is 13.6. The second-order valence-electron chi connectivity index (χ2n) is 7.48. The summed E-state index contributed by atoms with van der Waals surface area (Å²) in [7, 11) is 0. The van der Waals surface area contributed by atoms with E-state index in [4.69, 9.17) is 38.0 Å². The maximum atomic E-state index is 11.8. The lowest BCUT2D eigenvalue weighted by Gasteiger charge is -2.18. The zero-order chi connectivity index (χ0) is 23.5. The van der Waals surface area contributed by atoms with Crippen LogP contribution in [-0.4, -0.2) is 23.4 Å². The molecular weight excluding hydrogens is 491 g/mol. The molecule has 3 aromatic carbocycles. The molecule has 0 bridgehead atoms. The fourth-order valence-corrected chi connectivity index (χ4v) is 4.56. The van der Waals surface area contributed by atoms with Crippen LogP contribution in [0.15, 0.2) is 82.2 Å². The summed E-state index contributed by atoms with van der Waals surface area (Å²) in [5, 5.41) is 10.5. The Morgan fingerprint density at radius 3 is 2.74 bits per heavy atom. The zero-order valence-corrected chi connectivity index (χ0v) is 20.1. The Hall–Kier alpha value is -3.39. The van der Waals surface area contributed by atoms with Gasteiger partial charge in [-0.05, 0) is 41.5 Å². The molecule has 1 aromatic heterocycles. The van der Waals surface area contributed by atoms with Crippen LogP contribution in [0.5, 0.6) is 5.75 Å². The molecule has 0 saturated carbocycles. The van der Waals surface area contributed by atoms with Crippen LogP contribution < -0.4 is 14.9 Å². The highest BCUT2D eigenvalue weighted by Crippen LogP contribution is 2.33. The lowest BCUT2D eigenvalue weighted by Crippen LogP contribution is -2.25. The minimum absolute atomic E-state index is 0.0151. The first-order valence-electron chi connectivity index (χ1n) is 10.4. The number of aromatic nitrogens is 1. The first-order valence-corrected chi connectivity index (χ1v) is 12.0. The Morgan fingerprint density at radius 1 is 1.06 bits per heavy atom. The second kappa shape index (κ2) is 9.85. The quantitative estimate of drug-likeness (QED) is 0.344. The van der Waals surface area contributed by atoms with Gasteiger partial charge in [0.15, 0.2) is 6.61 Å². The maximum Gasteiger partial charge on any atom is 0.262 e. The van der Waals surface area contributed by atoms with E-state index >= 15 is 0 Å². The van der Waals surface area contributed by atoms with Gasteiger partial charge < -0.3 is 10.1 Å². The van der Waals surface area contributed by atoms with E-state index in [-0.39, 0.29) is 12.5 Å². The van der Waals surface area contributed by atoms with Crippen molar-refractivity contribution in [3.05, 3.63) is 98.1 Å². The van der Waals surface area contributed by atoms with Crippen molar-refractivity contribution < 1.29 is 9.53 Å². The summed E-state index contributed by atoms with van der Waals surface area (Å²) in [6.07, 6.45) is 1.71. The van der Waals surface area contributed by atoms with Gasteiger partial charge in [0.05, 0.1) is 34.2 Å². The molecule has 0 saturated heterocycles. The van der Waals surface area contributed by atoms with Crippen molar-refractivity contribution in [3.63, 3.8) is 0 Å². The third-order valence-corrected chi connectivity index (χ3v) is 6.69. The van der Waals surface area contributed by atoms with Crippen molar-refractivity contribution in [3.8, 4) is 17.0 Å². The molecule has 0 spiro atoms. The molecule has 6 nitrogen and oxygen atoms in total. The highest BCUT2D eigenvalue weighted by atomic mass is 35.5. The molecule has 2 heterocycles. The number of rotatable bonds is 5. The van der Waals surface area contributed by atoms with E-state index in [0.717, 1.165) is 27.2 Å². The van der Waals surface area contributed by atoms with Gasteiger partial charge in [-0.15, -0.1) is 11.3 Å². The number of anilines is 1. The number of carbonyl (C=O) groups is 1. The van der Waals surface area contributed by atoms with Gasteiger partial charge in [-0.2, -0.15) is 5.10 Å². The average Bonchev–Trinajstić information content (AvgIpc) is 3.26. The number of fused-ring (bicyclic) bond motifs is 1. The van der Waals surface area contributed by atoms with Gasteiger partial charge in [0.1, 0.15) is 5.75 Å². The molecule has 4 aromatic rings. The number of amides is 1. The van der Waals surface area contributed by atoms with Crippen LogP contribution in [-0.2, 0) is 11.3 Å². The van der Waals surface area contributed by atoms with Crippen LogP contribution in [0.25, 0.3) is 11.3 Å². The zero-order valence-electron chi connectivity index (χ0n) is 17.7. The molecule has 5 rings (SSSR count). The molecule has 0 radical (unpaired) electrons. The van der Waals surface area contributed by atoms with Gasteiger partial charge >= 0.3 is 0 Å². The van der Waals surface area contributed by atoms with Crippen LogP contribution in [0.1, 0.15) is 11.1 Å². The van der Waals surface area contributed by atoms with Gasteiger partial charge in [0, 0.05) is 10.9 Å². The summed E-state index contributed by atoms with van der Waals surface area (Å²) >= 11 is 13.7.